The van der Waals surface area contributed by atoms with Crippen LogP contribution < -0.4 is 4.74 Å². The van der Waals surface area contributed by atoms with Crippen molar-refractivity contribution in [2.75, 3.05) is 0 Å². The topological polar surface area (TPSA) is 29.5 Å². The second-order valence-corrected chi connectivity index (χ2v) is 6.00. The highest BCUT2D eigenvalue weighted by Gasteiger charge is 2.31. The number of rotatable bonds is 1. The monoisotopic (exact) mass is 356 g/mol. The summed E-state index contributed by atoms with van der Waals surface area (Å²) in [5.41, 5.74) is 0.996. The molecule has 20 heavy (non-hydrogen) atoms. The maximum atomic E-state index is 14.0. The molecule has 5 heteroatoms. The van der Waals surface area contributed by atoms with Crippen molar-refractivity contribution in [1.82, 2.24) is 0 Å². The van der Waals surface area contributed by atoms with E-state index in [1.54, 1.807) is 24.3 Å². The fourth-order valence-corrected chi connectivity index (χ4v) is 3.04. The van der Waals surface area contributed by atoms with Gasteiger partial charge < -0.3 is 9.84 Å². The maximum absolute atomic E-state index is 14.0. The first-order valence-electron chi connectivity index (χ1n) is 6.14. The molecule has 1 aliphatic rings. The predicted octanol–water partition coefficient (Wildman–Crippen LogP) is 4.80. The van der Waals surface area contributed by atoms with Gasteiger partial charge in [-0.15, -0.1) is 0 Å². The number of aliphatic hydroxyl groups excluding tert-OH is 1. The smallest absolute Gasteiger partial charge is 0.131 e. The molecule has 0 bridgehead atoms. The van der Waals surface area contributed by atoms with Gasteiger partial charge in [-0.05, 0) is 24.3 Å². The summed E-state index contributed by atoms with van der Waals surface area (Å²) in [4.78, 5) is 0. The summed E-state index contributed by atoms with van der Waals surface area (Å²) in [6, 6.07) is 9.90. The zero-order valence-electron chi connectivity index (χ0n) is 10.3. The van der Waals surface area contributed by atoms with Gasteiger partial charge in [-0.3, -0.25) is 0 Å². The molecular weight excluding hydrogens is 347 g/mol. The standard InChI is InChI=1S/C15H11BrClFO2/c16-8-4-5-9-12(19)7-14(20-13(9)6-8)15-10(17)2-1-3-11(15)18/h1-6,12,14,19H,7H2/t12-,14?/m0/s1. The third-order valence-electron chi connectivity index (χ3n) is 3.36. The Hall–Kier alpha value is -1.10. The van der Waals surface area contributed by atoms with Crippen LogP contribution in [0, 0.1) is 5.82 Å². The molecule has 0 amide bonds. The summed E-state index contributed by atoms with van der Waals surface area (Å²) >= 11 is 9.41. The summed E-state index contributed by atoms with van der Waals surface area (Å²) in [7, 11) is 0. The van der Waals surface area contributed by atoms with Gasteiger partial charge >= 0.3 is 0 Å². The molecule has 2 atom stereocenters. The van der Waals surface area contributed by atoms with Crippen LogP contribution in [0.2, 0.25) is 5.02 Å². The average Bonchev–Trinajstić information content (AvgIpc) is 2.38. The van der Waals surface area contributed by atoms with Crippen LogP contribution in [0.5, 0.6) is 5.75 Å². The van der Waals surface area contributed by atoms with Crippen LogP contribution in [0.4, 0.5) is 4.39 Å². The Morgan fingerprint density at radius 3 is 2.85 bits per heavy atom. The third kappa shape index (κ3) is 2.43. The molecular formula is C15H11BrClFO2. The Kier molecular flexibility index (Phi) is 3.71. The minimum absolute atomic E-state index is 0.273. The molecule has 1 unspecified atom stereocenters. The van der Waals surface area contributed by atoms with Crippen molar-refractivity contribution in [2.24, 2.45) is 0 Å². The Morgan fingerprint density at radius 1 is 1.30 bits per heavy atom. The van der Waals surface area contributed by atoms with E-state index in [1.165, 1.54) is 6.07 Å². The summed E-state index contributed by atoms with van der Waals surface area (Å²) in [6.45, 7) is 0. The lowest BCUT2D eigenvalue weighted by atomic mass is 9.95. The Morgan fingerprint density at radius 2 is 2.10 bits per heavy atom. The van der Waals surface area contributed by atoms with Crippen LogP contribution in [-0.4, -0.2) is 5.11 Å². The van der Waals surface area contributed by atoms with Gasteiger partial charge in [0.1, 0.15) is 17.7 Å². The first-order valence-corrected chi connectivity index (χ1v) is 7.31. The number of aliphatic hydroxyl groups is 1. The van der Waals surface area contributed by atoms with Gasteiger partial charge in [0.25, 0.3) is 0 Å². The molecule has 0 aromatic heterocycles. The Balaban J connectivity index is 2.03. The third-order valence-corrected chi connectivity index (χ3v) is 4.19. The van der Waals surface area contributed by atoms with Gasteiger partial charge in [-0.2, -0.15) is 0 Å². The van der Waals surface area contributed by atoms with Gasteiger partial charge in [0.2, 0.25) is 0 Å². The second kappa shape index (κ2) is 5.35. The minimum atomic E-state index is -0.701. The normalized spacial score (nSPS) is 21.2. The van der Waals surface area contributed by atoms with Crippen molar-refractivity contribution >= 4 is 27.5 Å². The summed E-state index contributed by atoms with van der Waals surface area (Å²) in [5.74, 6) is 0.121. The van der Waals surface area contributed by atoms with Crippen molar-refractivity contribution in [1.29, 1.82) is 0 Å². The van der Waals surface area contributed by atoms with Crippen molar-refractivity contribution in [3.63, 3.8) is 0 Å². The number of hydrogen-bond donors (Lipinski definition) is 1. The van der Waals surface area contributed by atoms with Crippen LogP contribution in [-0.2, 0) is 0 Å². The van der Waals surface area contributed by atoms with Crippen LogP contribution >= 0.6 is 27.5 Å². The van der Waals surface area contributed by atoms with Crippen molar-refractivity contribution in [2.45, 2.75) is 18.6 Å². The molecule has 3 rings (SSSR count). The fourth-order valence-electron chi connectivity index (χ4n) is 2.41. The van der Waals surface area contributed by atoms with Gasteiger partial charge in [0, 0.05) is 22.0 Å². The van der Waals surface area contributed by atoms with Gasteiger partial charge in [-0.1, -0.05) is 39.7 Å². The zero-order chi connectivity index (χ0) is 14.3. The van der Waals surface area contributed by atoms with Gasteiger partial charge in [-0.25, -0.2) is 4.39 Å². The van der Waals surface area contributed by atoms with Crippen LogP contribution in [0.15, 0.2) is 40.9 Å². The molecule has 1 aliphatic heterocycles. The highest BCUT2D eigenvalue weighted by Crippen LogP contribution is 2.43. The molecule has 2 aromatic carbocycles. The van der Waals surface area contributed by atoms with Crippen molar-refractivity contribution < 1.29 is 14.2 Å². The molecule has 104 valence electrons. The molecule has 0 fully saturated rings. The molecule has 1 heterocycles. The molecule has 0 spiro atoms. The maximum Gasteiger partial charge on any atom is 0.131 e. The minimum Gasteiger partial charge on any atom is -0.485 e. The Bertz CT molecular complexity index is 642. The molecule has 1 N–H and O–H groups in total. The lowest BCUT2D eigenvalue weighted by Gasteiger charge is -2.30. The lowest BCUT2D eigenvalue weighted by Crippen LogP contribution is -2.20. The largest absolute Gasteiger partial charge is 0.485 e. The molecule has 2 aromatic rings. The van der Waals surface area contributed by atoms with E-state index in [2.05, 4.69) is 15.9 Å². The van der Waals surface area contributed by atoms with E-state index in [-0.39, 0.29) is 6.42 Å². The van der Waals surface area contributed by atoms with Crippen LogP contribution in [0.3, 0.4) is 0 Å². The molecule has 0 aliphatic carbocycles. The van der Waals surface area contributed by atoms with Crippen molar-refractivity contribution in [3.8, 4) is 5.75 Å². The van der Waals surface area contributed by atoms with E-state index >= 15 is 0 Å². The van der Waals surface area contributed by atoms with E-state index in [1.807, 2.05) is 6.07 Å². The van der Waals surface area contributed by atoms with E-state index in [4.69, 9.17) is 16.3 Å². The number of halogens is 3. The number of fused-ring (bicyclic) bond motifs is 1. The van der Waals surface area contributed by atoms with E-state index in [0.29, 0.717) is 21.9 Å². The highest BCUT2D eigenvalue weighted by atomic mass is 79.9. The fraction of sp³-hybridized carbons (Fsp3) is 0.200. The van der Waals surface area contributed by atoms with E-state index in [0.717, 1.165) is 4.47 Å². The molecule has 2 nitrogen and oxygen atoms in total. The first-order chi connectivity index (χ1) is 9.56. The summed E-state index contributed by atoms with van der Waals surface area (Å²) < 4.78 is 20.6. The molecule has 0 radical (unpaired) electrons. The molecule has 0 saturated heterocycles. The quantitative estimate of drug-likeness (QED) is 0.794. The number of benzene rings is 2. The summed E-state index contributed by atoms with van der Waals surface area (Å²) in [6.07, 6.45) is -1.03. The van der Waals surface area contributed by atoms with Crippen LogP contribution in [0.25, 0.3) is 0 Å². The zero-order valence-corrected chi connectivity index (χ0v) is 12.7. The van der Waals surface area contributed by atoms with Crippen LogP contribution in [0.1, 0.15) is 29.8 Å². The number of ether oxygens (including phenoxy) is 1. The summed E-state index contributed by atoms with van der Waals surface area (Å²) in [5, 5.41) is 10.5. The number of hydrogen-bond acceptors (Lipinski definition) is 2. The lowest BCUT2D eigenvalue weighted by molar-refractivity contribution is 0.0640. The van der Waals surface area contributed by atoms with Gasteiger partial charge in [0.15, 0.2) is 0 Å². The highest BCUT2D eigenvalue weighted by molar-refractivity contribution is 9.10. The second-order valence-electron chi connectivity index (χ2n) is 4.68. The first kappa shape index (κ1) is 13.9. The van der Waals surface area contributed by atoms with E-state index < -0.39 is 18.0 Å². The van der Waals surface area contributed by atoms with E-state index in [9.17, 15) is 9.50 Å². The molecule has 0 saturated carbocycles. The Labute approximate surface area is 129 Å². The SMILES string of the molecule is O[C@H]1CC(c2c(F)cccc2Cl)Oc2cc(Br)ccc21. The van der Waals surface area contributed by atoms with Gasteiger partial charge in [0.05, 0.1) is 11.1 Å². The predicted molar refractivity (Wildman–Crippen MR) is 78.5 cm³/mol. The van der Waals surface area contributed by atoms with Crippen molar-refractivity contribution in [3.05, 3.63) is 62.8 Å². The average molecular weight is 358 g/mol.